The van der Waals surface area contributed by atoms with E-state index in [-0.39, 0.29) is 23.2 Å². The highest BCUT2D eigenvalue weighted by atomic mass is 32.3. The molecule has 87 heavy (non-hydrogen) atoms. The van der Waals surface area contributed by atoms with Crippen molar-refractivity contribution in [3.05, 3.63) is 23.8 Å². The zero-order valence-corrected chi connectivity index (χ0v) is 52.1. The molecule has 0 amide bonds. The van der Waals surface area contributed by atoms with Gasteiger partial charge in [-0.05, 0) is 95.8 Å². The molecule has 8 fully saturated rings. The Kier molecular flexibility index (Phi) is 19.6. The molecule has 4 aliphatic carbocycles. The molecule has 0 aromatic rings. The van der Waals surface area contributed by atoms with Gasteiger partial charge < -0.3 is 93.0 Å². The first-order chi connectivity index (χ1) is 40.2. The molecule has 0 aromatic carbocycles. The predicted octanol–water partition coefficient (Wildman–Crippen LogP) is -0.194. The summed E-state index contributed by atoms with van der Waals surface area (Å²) in [4.78, 5) is 27.5. The number of methoxy groups -OCH3 is 1. The van der Waals surface area contributed by atoms with Gasteiger partial charge in [-0.15, -0.1) is 0 Å². The normalized spacial score (nSPS) is 48.4. The van der Waals surface area contributed by atoms with Gasteiger partial charge in [0, 0.05) is 25.9 Å². The van der Waals surface area contributed by atoms with Crippen LogP contribution in [-0.4, -0.2) is 239 Å². The second kappa shape index (κ2) is 24.7. The van der Waals surface area contributed by atoms with E-state index >= 15 is 0 Å². The highest BCUT2D eigenvalue weighted by Gasteiger charge is 2.79. The highest BCUT2D eigenvalue weighted by Crippen LogP contribution is 2.77. The molecule has 5 saturated heterocycles. The van der Waals surface area contributed by atoms with Crippen LogP contribution in [0.25, 0.3) is 0 Å². The molecule has 9 rings (SSSR count). The summed E-state index contributed by atoms with van der Waals surface area (Å²) in [6, 6.07) is 0. The molecule has 3 saturated carbocycles. The van der Waals surface area contributed by atoms with Gasteiger partial charge in [0.1, 0.15) is 91.1 Å². The lowest BCUT2D eigenvalue weighted by atomic mass is 9.41. The molecule has 10 N–H and O–H groups in total. The Bertz CT molecular complexity index is 2800. The van der Waals surface area contributed by atoms with Gasteiger partial charge in [-0.25, -0.2) is 8.37 Å². The fourth-order valence-corrected chi connectivity index (χ4v) is 17.3. The van der Waals surface area contributed by atoms with Crippen LogP contribution in [-0.2, 0) is 90.9 Å². The van der Waals surface area contributed by atoms with Gasteiger partial charge in [-0.3, -0.25) is 18.7 Å². The van der Waals surface area contributed by atoms with Gasteiger partial charge in [0.25, 0.3) is 0 Å². The lowest BCUT2D eigenvalue weighted by Crippen LogP contribution is -2.67. The number of rotatable bonds is 18. The Labute approximate surface area is 505 Å². The first-order valence-electron chi connectivity index (χ1n) is 29.5. The number of carbonyl (C=O) groups excluding carboxylic acids is 2. The fourth-order valence-electron chi connectivity index (χ4n) is 16.5. The monoisotopic (exact) mass is 1290 g/mol. The van der Waals surface area contributed by atoms with E-state index in [2.05, 4.69) is 24.1 Å². The van der Waals surface area contributed by atoms with E-state index in [1.807, 2.05) is 26.8 Å². The van der Waals surface area contributed by atoms with Gasteiger partial charge >= 0.3 is 32.7 Å². The molecule has 31 heteroatoms. The van der Waals surface area contributed by atoms with Crippen molar-refractivity contribution >= 4 is 32.7 Å². The van der Waals surface area contributed by atoms with Crippen LogP contribution in [0.15, 0.2) is 23.8 Å². The number of ether oxygens (including phenoxy) is 11. The van der Waals surface area contributed by atoms with Crippen molar-refractivity contribution in [1.82, 2.24) is 0 Å². The van der Waals surface area contributed by atoms with Crippen LogP contribution in [0.1, 0.15) is 114 Å². The molecule has 28 atom stereocenters. The number of hydrogen-bond donors (Lipinski definition) is 10. The predicted molar refractivity (Wildman–Crippen MR) is 292 cm³/mol. The summed E-state index contributed by atoms with van der Waals surface area (Å²) in [5, 5.41) is 90.3. The van der Waals surface area contributed by atoms with Gasteiger partial charge in [0.05, 0.1) is 48.5 Å². The maximum absolute atomic E-state index is 14.7. The first kappa shape index (κ1) is 68.8. The van der Waals surface area contributed by atoms with Crippen molar-refractivity contribution < 1.29 is 137 Å². The number of hydrogen-bond acceptors (Lipinski definition) is 27. The van der Waals surface area contributed by atoms with Crippen molar-refractivity contribution in [2.24, 2.45) is 39.4 Å². The van der Waals surface area contributed by atoms with E-state index < -0.39 is 202 Å². The quantitative estimate of drug-likeness (QED) is 0.0483. The Balaban J connectivity index is 0.930. The number of carbonyl (C=O) groups is 2. The largest absolute Gasteiger partial charge is 0.462 e. The summed E-state index contributed by atoms with van der Waals surface area (Å²) >= 11 is 0. The molecule has 0 aromatic heterocycles. The molecule has 5 aliphatic heterocycles. The molecular weight excluding hydrogens is 1200 g/mol. The smallest absolute Gasteiger partial charge is 0.397 e. The van der Waals surface area contributed by atoms with Gasteiger partial charge in [-0.1, -0.05) is 51.5 Å². The minimum Gasteiger partial charge on any atom is -0.462 e. The molecule has 9 aliphatic rings. The Morgan fingerprint density at radius 1 is 0.736 bits per heavy atom. The third-order valence-electron chi connectivity index (χ3n) is 20.6. The molecule has 498 valence electrons. The third-order valence-corrected chi connectivity index (χ3v) is 21.5. The Hall–Kier alpha value is -2.52. The second-order valence-electron chi connectivity index (χ2n) is 27.0. The van der Waals surface area contributed by atoms with Crippen LogP contribution in [0.3, 0.4) is 0 Å². The molecular formula is C56H88O29S2. The zero-order valence-electron chi connectivity index (χ0n) is 50.5. The maximum atomic E-state index is 14.7. The third kappa shape index (κ3) is 12.9. The summed E-state index contributed by atoms with van der Waals surface area (Å²) in [6.07, 6.45) is -25.5. The molecule has 28 unspecified atom stereocenters. The van der Waals surface area contributed by atoms with E-state index in [9.17, 15) is 76.4 Å². The minimum absolute atomic E-state index is 0.0316. The number of fused-ring (bicyclic) bond motifs is 4. The lowest BCUT2D eigenvalue weighted by Gasteiger charge is -2.63. The average Bonchev–Trinajstić information content (AvgIpc) is 1.54. The van der Waals surface area contributed by atoms with Crippen molar-refractivity contribution in [2.75, 3.05) is 20.3 Å². The summed E-state index contributed by atoms with van der Waals surface area (Å²) < 4.78 is 142. The van der Waals surface area contributed by atoms with Gasteiger partial charge in [0.15, 0.2) is 25.2 Å². The van der Waals surface area contributed by atoms with E-state index in [0.717, 1.165) is 5.57 Å². The van der Waals surface area contributed by atoms with Crippen molar-refractivity contribution in [1.29, 1.82) is 0 Å². The van der Waals surface area contributed by atoms with E-state index in [1.165, 1.54) is 27.9 Å². The van der Waals surface area contributed by atoms with Gasteiger partial charge in [0.2, 0.25) is 0 Å². The number of aliphatic hydroxyl groups excluding tert-OH is 7. The molecule has 29 nitrogen and oxygen atoms in total. The van der Waals surface area contributed by atoms with E-state index in [0.29, 0.717) is 44.9 Å². The first-order valence-corrected chi connectivity index (χ1v) is 32.2. The molecule has 0 radical (unpaired) electrons. The highest BCUT2D eigenvalue weighted by molar-refractivity contribution is 7.81. The van der Waals surface area contributed by atoms with Crippen LogP contribution in [0.5, 0.6) is 0 Å². The number of cyclic esters (lactones) is 1. The van der Waals surface area contributed by atoms with Crippen molar-refractivity contribution in [3.63, 3.8) is 0 Å². The summed E-state index contributed by atoms with van der Waals surface area (Å²) in [5.41, 5.74) is -3.92. The number of esters is 2. The number of aliphatic hydroxyl groups is 8. The maximum Gasteiger partial charge on any atom is 0.397 e. The van der Waals surface area contributed by atoms with E-state index in [4.69, 9.17) is 56.3 Å². The Morgan fingerprint density at radius 3 is 1.99 bits per heavy atom. The minimum atomic E-state index is -5.22. The van der Waals surface area contributed by atoms with Crippen LogP contribution in [0, 0.1) is 39.4 Å². The second-order valence-corrected chi connectivity index (χ2v) is 29.1. The number of allylic oxidation sites excluding steroid dienone is 2. The lowest BCUT2D eigenvalue weighted by molar-refractivity contribution is -0.388. The Morgan fingerprint density at radius 2 is 1.36 bits per heavy atom. The summed E-state index contributed by atoms with van der Waals surface area (Å²) in [5.74, 6) is -1.41. The zero-order chi connectivity index (χ0) is 64.3. The molecule has 1 spiro atoms. The summed E-state index contributed by atoms with van der Waals surface area (Å²) in [7, 11) is -9.19. The topological polar surface area (TPSA) is 425 Å². The SMILES string of the molecule is COC1C(O)C(C)OC(OC2C(O)C(COS(=O)(=O)O)OC(OC3C(C)OC(OC4C(OC5CCC6(C)C7CCC89C(=O)OC(C)(CC=CC(C)(C)O)C8C(OC(C)=O)CC9(C)C7=CCC6C5(C)C)OCC(OS(=O)(=O)O)C4O)C(O)C3O)C2O)C1O. The van der Waals surface area contributed by atoms with Crippen LogP contribution in [0.4, 0.5) is 0 Å². The van der Waals surface area contributed by atoms with Crippen molar-refractivity contribution in [2.45, 2.75) is 254 Å². The van der Waals surface area contributed by atoms with Crippen LogP contribution >= 0.6 is 0 Å². The summed E-state index contributed by atoms with van der Waals surface area (Å²) in [6.45, 7) is 16.0. The van der Waals surface area contributed by atoms with Gasteiger partial charge in [-0.2, -0.15) is 16.8 Å². The van der Waals surface area contributed by atoms with Crippen LogP contribution < -0.4 is 0 Å². The average molecular weight is 1290 g/mol. The molecule has 0 bridgehead atoms. The standard InChI is InChI=1S/C56H88O29S2/c1-24-34(58)42(73-11)39(63)47(76-24)82-43-35(59)30(23-75-86(67,68)69)79-48(40(43)64)81-41-25(2)77-46(38(62)37(41)61)83-44-36(60)31(85-87(70,71)72)22-74-49(44)80-33-16-19-53(8)27-15-20-56-45(55(10,84-50(56)65)18-12-17-51(4,5)66)29(78-26(3)57)21-54(56,9)28(27)13-14-32(53)52(33,6)7/h12-13,17,24-25,27,29-49,58-64,66H,14-16,18-23H2,1-11H3,(H,67,68,69)(H,70,71,72). The van der Waals surface area contributed by atoms with E-state index in [1.54, 1.807) is 19.9 Å². The molecule has 5 heterocycles. The fraction of sp³-hybridized carbons (Fsp3) is 0.893. The van der Waals surface area contributed by atoms with Crippen molar-refractivity contribution in [3.8, 4) is 0 Å². The van der Waals surface area contributed by atoms with Crippen LogP contribution in [0.2, 0.25) is 0 Å².